The second kappa shape index (κ2) is 11.0. The zero-order valence-electron chi connectivity index (χ0n) is 18.9. The van der Waals surface area contributed by atoms with Crippen LogP contribution in [0, 0.1) is 5.82 Å². The quantitative estimate of drug-likeness (QED) is 0.430. The maximum Gasteiger partial charge on any atom is 0.416 e. The van der Waals surface area contributed by atoms with Gasteiger partial charge in [0.05, 0.1) is 18.2 Å². The van der Waals surface area contributed by atoms with Gasteiger partial charge in [-0.25, -0.2) is 9.37 Å². The smallest absolute Gasteiger partial charge is 0.416 e. The third-order valence-corrected chi connectivity index (χ3v) is 5.67. The number of carbonyl (C=O) groups excluding carboxylic acids is 1. The van der Waals surface area contributed by atoms with Crippen molar-refractivity contribution in [3.63, 3.8) is 0 Å². The second-order valence-corrected chi connectivity index (χ2v) is 8.41. The van der Waals surface area contributed by atoms with Crippen LogP contribution in [-0.4, -0.2) is 35.0 Å². The number of oxazole rings is 1. The van der Waals surface area contributed by atoms with E-state index in [0.29, 0.717) is 24.3 Å². The molecule has 4 rings (SSSR count). The van der Waals surface area contributed by atoms with Gasteiger partial charge in [0.15, 0.2) is 5.69 Å². The first kappa shape index (κ1) is 24.9. The van der Waals surface area contributed by atoms with E-state index in [1.165, 1.54) is 18.4 Å². The van der Waals surface area contributed by atoms with Gasteiger partial charge in [-0.15, -0.1) is 0 Å². The number of aromatic nitrogens is 1. The number of hydrogen-bond donors (Lipinski definition) is 1. The lowest BCUT2D eigenvalue weighted by molar-refractivity contribution is -0.137. The Morgan fingerprint density at radius 3 is 2.69 bits per heavy atom. The Hall–Kier alpha value is -3.24. The molecular formula is C25H25F4N3O3. The Morgan fingerprint density at radius 1 is 1.11 bits per heavy atom. The van der Waals surface area contributed by atoms with Gasteiger partial charge < -0.3 is 14.5 Å². The summed E-state index contributed by atoms with van der Waals surface area (Å²) >= 11 is 0. The summed E-state index contributed by atoms with van der Waals surface area (Å²) in [6.07, 6.45) is -1.43. The molecule has 0 bridgehead atoms. The number of ether oxygens (including phenoxy) is 1. The third-order valence-electron chi connectivity index (χ3n) is 5.67. The van der Waals surface area contributed by atoms with Crippen LogP contribution in [0.2, 0.25) is 0 Å². The molecule has 1 aliphatic rings. The van der Waals surface area contributed by atoms with E-state index in [-0.39, 0.29) is 37.3 Å². The van der Waals surface area contributed by atoms with Crippen molar-refractivity contribution in [1.82, 2.24) is 15.2 Å². The van der Waals surface area contributed by atoms with Crippen LogP contribution in [0.3, 0.4) is 0 Å². The molecule has 1 aliphatic heterocycles. The minimum atomic E-state index is -4.47. The molecule has 3 aromatic rings. The monoisotopic (exact) mass is 491 g/mol. The molecule has 0 spiro atoms. The van der Waals surface area contributed by atoms with E-state index >= 15 is 0 Å². The van der Waals surface area contributed by atoms with Crippen molar-refractivity contribution in [2.24, 2.45) is 0 Å². The SMILES string of the molecule is O=C(NC[C@@H]1CCCO1)c1coc(CN(Cc2cccc(C(F)(F)F)c2)Cc2ccccc2F)n1. The summed E-state index contributed by atoms with van der Waals surface area (Å²) in [4.78, 5) is 18.3. The number of benzene rings is 2. The number of nitrogens with one attached hydrogen (secondary N) is 1. The van der Waals surface area contributed by atoms with Crippen molar-refractivity contribution in [1.29, 1.82) is 0 Å². The van der Waals surface area contributed by atoms with Crippen molar-refractivity contribution in [2.45, 2.75) is 44.8 Å². The highest BCUT2D eigenvalue weighted by molar-refractivity contribution is 5.91. The highest BCUT2D eigenvalue weighted by Crippen LogP contribution is 2.30. The molecule has 2 aromatic carbocycles. The molecule has 2 heterocycles. The lowest BCUT2D eigenvalue weighted by atomic mass is 10.1. The highest BCUT2D eigenvalue weighted by atomic mass is 19.4. The van der Waals surface area contributed by atoms with E-state index < -0.39 is 23.5 Å². The maximum atomic E-state index is 14.3. The Balaban J connectivity index is 1.47. The summed E-state index contributed by atoms with van der Waals surface area (Å²) in [5.74, 6) is -0.646. The first-order valence-electron chi connectivity index (χ1n) is 11.2. The van der Waals surface area contributed by atoms with Crippen molar-refractivity contribution in [2.75, 3.05) is 13.2 Å². The van der Waals surface area contributed by atoms with E-state index in [4.69, 9.17) is 9.15 Å². The van der Waals surface area contributed by atoms with E-state index in [2.05, 4.69) is 10.3 Å². The number of hydrogen-bond acceptors (Lipinski definition) is 5. The number of carbonyl (C=O) groups is 1. The van der Waals surface area contributed by atoms with Gasteiger partial charge >= 0.3 is 6.18 Å². The average molecular weight is 491 g/mol. The number of alkyl halides is 3. The minimum absolute atomic E-state index is 0.0194. The van der Waals surface area contributed by atoms with Gasteiger partial charge in [-0.3, -0.25) is 9.69 Å². The van der Waals surface area contributed by atoms with E-state index in [1.54, 1.807) is 29.2 Å². The fourth-order valence-electron chi connectivity index (χ4n) is 3.92. The van der Waals surface area contributed by atoms with Crippen LogP contribution in [0.25, 0.3) is 0 Å². The summed E-state index contributed by atoms with van der Waals surface area (Å²) in [5, 5.41) is 2.76. The summed E-state index contributed by atoms with van der Waals surface area (Å²) in [6.45, 7) is 1.30. The number of halogens is 4. The van der Waals surface area contributed by atoms with E-state index in [0.717, 1.165) is 25.0 Å². The molecule has 0 aliphatic carbocycles. The van der Waals surface area contributed by atoms with Gasteiger partial charge in [0.1, 0.15) is 12.1 Å². The molecule has 10 heteroatoms. The van der Waals surface area contributed by atoms with Crippen LogP contribution in [0.15, 0.2) is 59.2 Å². The highest BCUT2D eigenvalue weighted by Gasteiger charge is 2.30. The van der Waals surface area contributed by atoms with Crippen LogP contribution >= 0.6 is 0 Å². The van der Waals surface area contributed by atoms with Crippen LogP contribution in [0.4, 0.5) is 17.6 Å². The Kier molecular flexibility index (Phi) is 7.82. The van der Waals surface area contributed by atoms with E-state index in [9.17, 15) is 22.4 Å². The van der Waals surface area contributed by atoms with Gasteiger partial charge in [0.2, 0.25) is 5.89 Å². The molecule has 6 nitrogen and oxygen atoms in total. The normalized spacial score (nSPS) is 16.1. The predicted molar refractivity (Wildman–Crippen MR) is 119 cm³/mol. The third kappa shape index (κ3) is 6.89. The Bertz CT molecular complexity index is 1140. The zero-order valence-corrected chi connectivity index (χ0v) is 18.9. The van der Waals surface area contributed by atoms with Gasteiger partial charge in [-0.05, 0) is 30.5 Å². The van der Waals surface area contributed by atoms with Crippen LogP contribution in [0.5, 0.6) is 0 Å². The van der Waals surface area contributed by atoms with Crippen molar-refractivity contribution in [3.8, 4) is 0 Å². The Labute approximate surface area is 199 Å². The molecule has 186 valence electrons. The largest absolute Gasteiger partial charge is 0.447 e. The molecule has 0 saturated carbocycles. The molecule has 1 fully saturated rings. The lowest BCUT2D eigenvalue weighted by Crippen LogP contribution is -2.32. The predicted octanol–water partition coefficient (Wildman–Crippen LogP) is 4.94. The number of rotatable bonds is 9. The van der Waals surface area contributed by atoms with Gasteiger partial charge in [0.25, 0.3) is 5.91 Å². The fraction of sp³-hybridized carbons (Fsp3) is 0.360. The molecule has 0 radical (unpaired) electrons. The zero-order chi connectivity index (χ0) is 24.8. The summed E-state index contributed by atoms with van der Waals surface area (Å²) in [6, 6.07) is 11.1. The number of amides is 1. The fourth-order valence-corrected chi connectivity index (χ4v) is 3.92. The first-order valence-corrected chi connectivity index (χ1v) is 11.2. The first-order chi connectivity index (χ1) is 16.8. The molecule has 1 amide bonds. The molecule has 1 N–H and O–H groups in total. The maximum absolute atomic E-state index is 14.3. The minimum Gasteiger partial charge on any atom is -0.447 e. The molecular weight excluding hydrogens is 466 g/mol. The van der Waals surface area contributed by atoms with Crippen LogP contribution in [0.1, 0.15) is 45.9 Å². The molecule has 1 atom stereocenters. The lowest BCUT2D eigenvalue weighted by Gasteiger charge is -2.22. The topological polar surface area (TPSA) is 67.6 Å². The molecule has 35 heavy (non-hydrogen) atoms. The number of nitrogens with zero attached hydrogens (tertiary/aromatic N) is 2. The second-order valence-electron chi connectivity index (χ2n) is 8.41. The van der Waals surface area contributed by atoms with Crippen LogP contribution < -0.4 is 5.32 Å². The summed E-state index contributed by atoms with van der Waals surface area (Å²) < 4.78 is 64.7. The van der Waals surface area contributed by atoms with E-state index in [1.807, 2.05) is 0 Å². The van der Waals surface area contributed by atoms with Crippen molar-refractivity contribution in [3.05, 3.63) is 88.9 Å². The van der Waals surface area contributed by atoms with Crippen molar-refractivity contribution < 1.29 is 31.5 Å². The van der Waals surface area contributed by atoms with Gasteiger partial charge in [-0.1, -0.05) is 36.4 Å². The van der Waals surface area contributed by atoms with Crippen molar-refractivity contribution >= 4 is 5.91 Å². The van der Waals surface area contributed by atoms with Gasteiger partial charge in [-0.2, -0.15) is 13.2 Å². The standard InChI is InChI=1S/C25H25F4N3O3/c26-21-9-2-1-6-18(21)14-32(13-17-5-3-7-19(11-17)25(27,28)29)15-23-31-22(16-35-23)24(33)30-12-20-8-4-10-34-20/h1-3,5-7,9,11,16,20H,4,8,10,12-15H2,(H,30,33)/t20-/m0/s1. The van der Waals surface area contributed by atoms with Gasteiger partial charge in [0, 0.05) is 31.8 Å². The molecule has 1 saturated heterocycles. The summed E-state index contributed by atoms with van der Waals surface area (Å²) in [5.41, 5.74) is 0.0999. The van der Waals surface area contributed by atoms with Crippen LogP contribution in [-0.2, 0) is 30.5 Å². The average Bonchev–Trinajstić information content (AvgIpc) is 3.51. The summed E-state index contributed by atoms with van der Waals surface area (Å²) in [7, 11) is 0. The Morgan fingerprint density at radius 2 is 1.94 bits per heavy atom. The molecule has 0 unspecified atom stereocenters. The molecule has 1 aromatic heterocycles.